The average molecular weight is 169 g/mol. The van der Waals surface area contributed by atoms with E-state index in [1.54, 1.807) is 7.05 Å². The van der Waals surface area contributed by atoms with E-state index in [0.717, 1.165) is 0 Å². The van der Waals surface area contributed by atoms with Gasteiger partial charge in [0.2, 0.25) is 5.91 Å². The minimum Gasteiger partial charge on any atom is -0.504 e. The van der Waals surface area contributed by atoms with Crippen molar-refractivity contribution in [1.82, 2.24) is 15.5 Å². The van der Waals surface area contributed by atoms with Crippen LogP contribution in [0, 0.1) is 0 Å². The first-order chi connectivity index (χ1) is 5.74. The normalized spacial score (nSPS) is 9.75. The van der Waals surface area contributed by atoms with E-state index in [-0.39, 0.29) is 11.7 Å². The zero-order chi connectivity index (χ0) is 8.97. The molecule has 0 bridgehead atoms. The Morgan fingerprint density at radius 2 is 2.58 bits per heavy atom. The van der Waals surface area contributed by atoms with Crippen LogP contribution in [0.1, 0.15) is 12.1 Å². The lowest BCUT2D eigenvalue weighted by Crippen LogP contribution is -2.17. The van der Waals surface area contributed by atoms with Gasteiger partial charge in [0.05, 0.1) is 11.9 Å². The number of nitrogens with zero attached hydrogens (tertiary/aromatic N) is 1. The van der Waals surface area contributed by atoms with Gasteiger partial charge in [-0.15, -0.1) is 0 Å². The van der Waals surface area contributed by atoms with Crippen molar-refractivity contribution in [2.75, 3.05) is 7.05 Å². The van der Waals surface area contributed by atoms with E-state index in [9.17, 15) is 4.79 Å². The third-order valence-electron chi connectivity index (χ3n) is 1.58. The molecule has 0 atom stereocenters. The monoisotopic (exact) mass is 169 g/mol. The molecule has 0 radical (unpaired) electrons. The zero-order valence-corrected chi connectivity index (χ0v) is 6.79. The van der Waals surface area contributed by atoms with Crippen LogP contribution in [0.25, 0.3) is 0 Å². The highest BCUT2D eigenvalue weighted by molar-refractivity contribution is 5.75. The summed E-state index contributed by atoms with van der Waals surface area (Å²) >= 11 is 0. The van der Waals surface area contributed by atoms with Crippen molar-refractivity contribution in [2.45, 2.75) is 12.8 Å². The fourth-order valence-electron chi connectivity index (χ4n) is 0.854. The number of H-pyrrole nitrogens is 1. The summed E-state index contributed by atoms with van der Waals surface area (Å²) < 4.78 is 0. The van der Waals surface area contributed by atoms with E-state index in [0.29, 0.717) is 18.5 Å². The molecule has 0 aliphatic rings. The zero-order valence-electron chi connectivity index (χ0n) is 6.79. The number of aryl methyl sites for hydroxylation is 1. The van der Waals surface area contributed by atoms with Gasteiger partial charge in [0.25, 0.3) is 0 Å². The lowest BCUT2D eigenvalue weighted by atomic mass is 10.2. The van der Waals surface area contributed by atoms with Crippen molar-refractivity contribution in [3.05, 3.63) is 11.9 Å². The minimum absolute atomic E-state index is 0.0519. The van der Waals surface area contributed by atoms with Crippen LogP contribution in [0.5, 0.6) is 5.75 Å². The van der Waals surface area contributed by atoms with Gasteiger partial charge in [-0.05, 0) is 0 Å². The first-order valence-corrected chi connectivity index (χ1v) is 3.66. The van der Waals surface area contributed by atoms with Crippen LogP contribution in [0.15, 0.2) is 6.20 Å². The number of amides is 1. The van der Waals surface area contributed by atoms with Crippen molar-refractivity contribution in [1.29, 1.82) is 0 Å². The summed E-state index contributed by atoms with van der Waals surface area (Å²) in [7, 11) is 1.58. The van der Waals surface area contributed by atoms with Gasteiger partial charge in [-0.3, -0.25) is 9.89 Å². The molecule has 1 amide bonds. The van der Waals surface area contributed by atoms with Gasteiger partial charge in [-0.25, -0.2) is 0 Å². The van der Waals surface area contributed by atoms with Crippen LogP contribution in [-0.2, 0) is 11.2 Å². The molecule has 0 saturated carbocycles. The number of aromatic hydroxyl groups is 1. The fourth-order valence-corrected chi connectivity index (χ4v) is 0.854. The van der Waals surface area contributed by atoms with Crippen LogP contribution in [0.2, 0.25) is 0 Å². The second-order valence-corrected chi connectivity index (χ2v) is 2.41. The highest BCUT2D eigenvalue weighted by Gasteiger charge is 2.04. The maximum absolute atomic E-state index is 10.8. The molecular formula is C7H11N3O2. The third-order valence-corrected chi connectivity index (χ3v) is 1.58. The number of aromatic nitrogens is 2. The Hall–Kier alpha value is -1.52. The van der Waals surface area contributed by atoms with Crippen LogP contribution < -0.4 is 5.32 Å². The lowest BCUT2D eigenvalue weighted by molar-refractivity contribution is -0.120. The number of rotatable bonds is 3. The van der Waals surface area contributed by atoms with E-state index in [1.807, 2.05) is 0 Å². The van der Waals surface area contributed by atoms with E-state index in [2.05, 4.69) is 15.5 Å². The summed E-state index contributed by atoms with van der Waals surface area (Å²) in [6.45, 7) is 0. The molecule has 0 saturated heterocycles. The average Bonchev–Trinajstić information content (AvgIpc) is 2.47. The largest absolute Gasteiger partial charge is 0.504 e. The van der Waals surface area contributed by atoms with E-state index < -0.39 is 0 Å². The van der Waals surface area contributed by atoms with Crippen molar-refractivity contribution in [2.24, 2.45) is 0 Å². The predicted molar refractivity (Wildman–Crippen MR) is 42.6 cm³/mol. The number of carbonyl (C=O) groups is 1. The molecule has 1 rings (SSSR count). The minimum atomic E-state index is -0.0519. The molecule has 12 heavy (non-hydrogen) atoms. The van der Waals surface area contributed by atoms with Gasteiger partial charge in [0.15, 0.2) is 5.75 Å². The third kappa shape index (κ3) is 1.98. The number of hydrogen-bond acceptors (Lipinski definition) is 3. The smallest absolute Gasteiger partial charge is 0.220 e. The lowest BCUT2D eigenvalue weighted by Gasteiger charge is -1.97. The van der Waals surface area contributed by atoms with Crippen LogP contribution in [0.4, 0.5) is 0 Å². The van der Waals surface area contributed by atoms with Gasteiger partial charge in [-0.1, -0.05) is 0 Å². The number of aromatic amines is 1. The van der Waals surface area contributed by atoms with Crippen LogP contribution in [-0.4, -0.2) is 28.3 Å². The Balaban J connectivity index is 2.43. The highest BCUT2D eigenvalue weighted by Crippen LogP contribution is 2.13. The number of hydrogen-bond donors (Lipinski definition) is 3. The summed E-state index contributed by atoms with van der Waals surface area (Å²) in [6, 6.07) is 0. The van der Waals surface area contributed by atoms with Crippen molar-refractivity contribution in [3.8, 4) is 5.75 Å². The molecule has 0 aliphatic heterocycles. The fraction of sp³-hybridized carbons (Fsp3) is 0.429. The molecule has 0 unspecified atom stereocenters. The molecule has 1 heterocycles. The molecule has 0 aliphatic carbocycles. The molecule has 66 valence electrons. The van der Waals surface area contributed by atoms with Gasteiger partial charge in [0.1, 0.15) is 0 Å². The Labute approximate surface area is 69.8 Å². The second kappa shape index (κ2) is 3.75. The van der Waals surface area contributed by atoms with E-state index in [1.165, 1.54) is 6.20 Å². The standard InChI is InChI=1S/C7H11N3O2/c1-8-7(12)3-2-5-6(11)4-9-10-5/h4,11H,2-3H2,1H3,(H,8,12)(H,9,10). The summed E-state index contributed by atoms with van der Waals surface area (Å²) in [4.78, 5) is 10.8. The SMILES string of the molecule is CNC(=O)CCc1[nH]ncc1O. The molecule has 5 nitrogen and oxygen atoms in total. The van der Waals surface area contributed by atoms with Gasteiger partial charge in [0, 0.05) is 19.9 Å². The summed E-state index contributed by atoms with van der Waals surface area (Å²) in [6.07, 6.45) is 2.15. The first kappa shape index (κ1) is 8.58. The second-order valence-electron chi connectivity index (χ2n) is 2.41. The topological polar surface area (TPSA) is 78.0 Å². The molecule has 0 aromatic carbocycles. The molecular weight excluding hydrogens is 158 g/mol. The predicted octanol–water partition coefficient (Wildman–Crippen LogP) is -0.206. The van der Waals surface area contributed by atoms with Crippen LogP contribution in [0.3, 0.4) is 0 Å². The molecule has 1 aromatic rings. The Kier molecular flexibility index (Phi) is 2.68. The summed E-state index contributed by atoms with van der Waals surface area (Å²) in [5.74, 6) is 0.0582. The molecule has 3 N–H and O–H groups in total. The quantitative estimate of drug-likeness (QED) is 0.586. The maximum atomic E-state index is 10.8. The molecule has 0 fully saturated rings. The Morgan fingerprint density at radius 1 is 1.83 bits per heavy atom. The molecule has 5 heteroatoms. The van der Waals surface area contributed by atoms with E-state index >= 15 is 0 Å². The maximum Gasteiger partial charge on any atom is 0.220 e. The molecule has 0 spiro atoms. The van der Waals surface area contributed by atoms with Crippen molar-refractivity contribution in [3.63, 3.8) is 0 Å². The van der Waals surface area contributed by atoms with Crippen molar-refractivity contribution < 1.29 is 9.90 Å². The summed E-state index contributed by atoms with van der Waals surface area (Å²) in [5.41, 5.74) is 0.596. The van der Waals surface area contributed by atoms with E-state index in [4.69, 9.17) is 5.11 Å². The van der Waals surface area contributed by atoms with Gasteiger partial charge >= 0.3 is 0 Å². The Morgan fingerprint density at radius 3 is 3.08 bits per heavy atom. The number of carbonyl (C=O) groups excluding carboxylic acids is 1. The van der Waals surface area contributed by atoms with Crippen molar-refractivity contribution >= 4 is 5.91 Å². The molecule has 1 aromatic heterocycles. The highest BCUT2D eigenvalue weighted by atomic mass is 16.3. The summed E-state index contributed by atoms with van der Waals surface area (Å²) in [5, 5.41) is 17.8. The Bertz CT molecular complexity index is 269. The van der Waals surface area contributed by atoms with Gasteiger partial charge in [-0.2, -0.15) is 5.10 Å². The van der Waals surface area contributed by atoms with Crippen LogP contribution >= 0.6 is 0 Å². The first-order valence-electron chi connectivity index (χ1n) is 3.66. The number of nitrogens with one attached hydrogen (secondary N) is 2. The van der Waals surface area contributed by atoms with Gasteiger partial charge < -0.3 is 10.4 Å².